The van der Waals surface area contributed by atoms with Crippen molar-refractivity contribution >= 4 is 11.3 Å². The van der Waals surface area contributed by atoms with Gasteiger partial charge in [0, 0.05) is 24.9 Å². The van der Waals surface area contributed by atoms with E-state index < -0.39 is 4.92 Å². The van der Waals surface area contributed by atoms with E-state index in [1.54, 1.807) is 23.8 Å². The van der Waals surface area contributed by atoms with Crippen LogP contribution >= 0.6 is 0 Å². The lowest BCUT2D eigenvalue weighted by Crippen LogP contribution is -2.00. The van der Waals surface area contributed by atoms with Crippen LogP contribution in [0.4, 0.5) is 5.82 Å². The second-order valence-corrected chi connectivity index (χ2v) is 4.91. The van der Waals surface area contributed by atoms with Crippen LogP contribution in [0.3, 0.4) is 0 Å². The van der Waals surface area contributed by atoms with Crippen molar-refractivity contribution in [1.82, 2.24) is 14.6 Å². The van der Waals surface area contributed by atoms with E-state index in [4.69, 9.17) is 10.5 Å². The molecule has 25 heavy (non-hydrogen) atoms. The predicted molar refractivity (Wildman–Crippen MR) is 97.7 cm³/mol. The molecule has 0 aliphatic rings. The van der Waals surface area contributed by atoms with Gasteiger partial charge in [0.2, 0.25) is 0 Å². The van der Waals surface area contributed by atoms with Gasteiger partial charge in [-0.1, -0.05) is 26.8 Å². The summed E-state index contributed by atoms with van der Waals surface area (Å²) in [5.41, 5.74) is 8.54. The minimum Gasteiger partial charge on any atom is -0.382 e. The van der Waals surface area contributed by atoms with E-state index in [1.807, 2.05) is 27.0 Å². The number of anilines is 1. The van der Waals surface area contributed by atoms with E-state index in [9.17, 15) is 10.1 Å². The molecule has 0 aromatic carbocycles. The minimum atomic E-state index is -0.397. The predicted octanol–water partition coefficient (Wildman–Crippen LogP) is 3.15. The fourth-order valence-corrected chi connectivity index (χ4v) is 2.37. The van der Waals surface area contributed by atoms with Gasteiger partial charge in [-0.05, 0) is 24.5 Å². The largest absolute Gasteiger partial charge is 0.382 e. The van der Waals surface area contributed by atoms with E-state index in [1.165, 1.54) is 12.4 Å². The molecule has 2 aromatic rings. The molecule has 2 N–H and O–H groups in total. The van der Waals surface area contributed by atoms with Gasteiger partial charge in [-0.2, -0.15) is 5.10 Å². The molecular formula is C17H25N5O3. The second kappa shape index (κ2) is 10.2. The maximum Gasteiger partial charge on any atom is 0.265 e. The summed E-state index contributed by atoms with van der Waals surface area (Å²) in [6, 6.07) is 0. The van der Waals surface area contributed by atoms with Crippen molar-refractivity contribution in [3.05, 3.63) is 57.7 Å². The first kappa shape index (κ1) is 20.3. The van der Waals surface area contributed by atoms with E-state index >= 15 is 0 Å². The number of nitrogens with two attached hydrogens (primary N) is 1. The average Bonchev–Trinajstić information content (AvgIpc) is 2.95. The Morgan fingerprint density at radius 1 is 1.48 bits per heavy atom. The number of aromatic nitrogens is 3. The number of fused-ring (bicyclic) bond motifs is 1. The first-order chi connectivity index (χ1) is 12.1. The molecule has 2 heterocycles. The number of hydrogen-bond donors (Lipinski definition) is 1. The Morgan fingerprint density at radius 3 is 2.80 bits per heavy atom. The molecule has 0 unspecified atom stereocenters. The highest BCUT2D eigenvalue weighted by Gasteiger charge is 2.14. The SMILES string of the molecule is CC.CC/C=C(\C=C/Cc1c(COC)cn2ncnc(N)c12)[N+](=O)[O-]. The van der Waals surface area contributed by atoms with Crippen LogP contribution in [-0.2, 0) is 17.8 Å². The smallest absolute Gasteiger partial charge is 0.265 e. The molecule has 0 saturated heterocycles. The quantitative estimate of drug-likeness (QED) is 0.468. The van der Waals surface area contributed by atoms with Crippen LogP contribution in [0.5, 0.6) is 0 Å². The molecule has 8 heteroatoms. The van der Waals surface area contributed by atoms with Crippen molar-refractivity contribution in [2.45, 2.75) is 40.2 Å². The van der Waals surface area contributed by atoms with Crippen molar-refractivity contribution in [2.75, 3.05) is 12.8 Å². The van der Waals surface area contributed by atoms with Crippen molar-refractivity contribution in [3.63, 3.8) is 0 Å². The highest BCUT2D eigenvalue weighted by atomic mass is 16.6. The molecule has 0 aliphatic carbocycles. The zero-order chi connectivity index (χ0) is 18.8. The van der Waals surface area contributed by atoms with Crippen molar-refractivity contribution in [3.8, 4) is 0 Å². The highest BCUT2D eigenvalue weighted by Crippen LogP contribution is 2.23. The van der Waals surface area contributed by atoms with Gasteiger partial charge >= 0.3 is 0 Å². The molecule has 136 valence electrons. The summed E-state index contributed by atoms with van der Waals surface area (Å²) in [7, 11) is 1.60. The number of nitro groups is 1. The van der Waals surface area contributed by atoms with Gasteiger partial charge in [-0.25, -0.2) is 9.50 Å². The van der Waals surface area contributed by atoms with Crippen LogP contribution in [0.1, 0.15) is 38.3 Å². The summed E-state index contributed by atoms with van der Waals surface area (Å²) in [5, 5.41) is 15.1. The Bertz CT molecular complexity index is 765. The molecule has 0 amide bonds. The number of hydrogen-bond acceptors (Lipinski definition) is 6. The molecule has 0 saturated carbocycles. The zero-order valence-electron chi connectivity index (χ0n) is 15.1. The Hall–Kier alpha value is -2.74. The second-order valence-electron chi connectivity index (χ2n) is 4.91. The molecular weight excluding hydrogens is 322 g/mol. The van der Waals surface area contributed by atoms with E-state index in [0.29, 0.717) is 30.8 Å². The van der Waals surface area contributed by atoms with Gasteiger partial charge in [0.15, 0.2) is 5.82 Å². The molecule has 0 spiro atoms. The molecule has 0 fully saturated rings. The van der Waals surface area contributed by atoms with Gasteiger partial charge in [-0.3, -0.25) is 10.1 Å². The third kappa shape index (κ3) is 5.12. The van der Waals surface area contributed by atoms with Crippen LogP contribution < -0.4 is 5.73 Å². The van der Waals surface area contributed by atoms with E-state index in [0.717, 1.165) is 11.1 Å². The molecule has 8 nitrogen and oxygen atoms in total. The van der Waals surface area contributed by atoms with Gasteiger partial charge in [0.05, 0.1) is 11.5 Å². The average molecular weight is 347 g/mol. The Kier molecular flexibility index (Phi) is 8.28. The summed E-state index contributed by atoms with van der Waals surface area (Å²) in [6.07, 6.45) is 9.10. The number of nitrogen functional groups attached to an aromatic ring is 1. The number of ether oxygens (including phenoxy) is 1. The molecule has 0 radical (unpaired) electrons. The lowest BCUT2D eigenvalue weighted by atomic mass is 10.1. The Labute approximate surface area is 147 Å². The highest BCUT2D eigenvalue weighted by molar-refractivity contribution is 5.72. The van der Waals surface area contributed by atoms with Gasteiger partial charge in [0.1, 0.15) is 11.8 Å². The number of methoxy groups -OCH3 is 1. The summed E-state index contributed by atoms with van der Waals surface area (Å²) < 4.78 is 6.85. The van der Waals surface area contributed by atoms with Crippen LogP contribution in [0.15, 0.2) is 36.4 Å². The van der Waals surface area contributed by atoms with Crippen molar-refractivity contribution < 1.29 is 9.66 Å². The monoisotopic (exact) mass is 347 g/mol. The fourth-order valence-electron chi connectivity index (χ4n) is 2.37. The first-order valence-electron chi connectivity index (χ1n) is 8.18. The third-order valence-electron chi connectivity index (χ3n) is 3.33. The molecule has 0 bridgehead atoms. The fraction of sp³-hybridized carbons (Fsp3) is 0.412. The summed E-state index contributed by atoms with van der Waals surface area (Å²) in [4.78, 5) is 14.5. The minimum absolute atomic E-state index is 0.0773. The van der Waals surface area contributed by atoms with Crippen molar-refractivity contribution in [2.24, 2.45) is 0 Å². The first-order valence-corrected chi connectivity index (χ1v) is 8.18. The standard InChI is InChI=1S/C15H19N5O3.C2H6/c1-3-5-12(20(21)22)6-4-7-13-11(9-23-2)8-19-14(13)15(16)17-10-18-19;1-2/h4-6,8,10H,3,7,9H2,1-2H3,(H2,16,17,18);1-2H3/b6-4-,12-5+;. The molecule has 0 atom stereocenters. The van der Waals surface area contributed by atoms with E-state index in [2.05, 4.69) is 10.1 Å². The molecule has 0 aliphatic heterocycles. The summed E-state index contributed by atoms with van der Waals surface area (Å²) >= 11 is 0. The lowest BCUT2D eigenvalue weighted by molar-refractivity contribution is -0.419. The number of allylic oxidation sites excluding steroid dienone is 3. The Morgan fingerprint density at radius 2 is 2.20 bits per heavy atom. The van der Waals surface area contributed by atoms with Gasteiger partial charge < -0.3 is 10.5 Å². The summed E-state index contributed by atoms with van der Waals surface area (Å²) in [6.45, 7) is 6.26. The maximum atomic E-state index is 10.9. The van der Waals surface area contributed by atoms with Crippen molar-refractivity contribution in [1.29, 1.82) is 0 Å². The van der Waals surface area contributed by atoms with Crippen LogP contribution in [0.25, 0.3) is 5.52 Å². The van der Waals surface area contributed by atoms with Crippen LogP contribution in [0.2, 0.25) is 0 Å². The summed E-state index contributed by atoms with van der Waals surface area (Å²) in [5.74, 6) is 0.365. The topological polar surface area (TPSA) is 109 Å². The van der Waals surface area contributed by atoms with Crippen LogP contribution in [0, 0.1) is 10.1 Å². The normalized spacial score (nSPS) is 11.6. The van der Waals surface area contributed by atoms with Gasteiger partial charge in [-0.15, -0.1) is 0 Å². The number of rotatable bonds is 7. The third-order valence-corrected chi connectivity index (χ3v) is 3.33. The molecule has 2 aromatic heterocycles. The maximum absolute atomic E-state index is 10.9. The van der Waals surface area contributed by atoms with Gasteiger partial charge in [0.25, 0.3) is 5.70 Å². The Balaban J connectivity index is 0.00000151. The molecule has 2 rings (SSSR count). The van der Waals surface area contributed by atoms with E-state index in [-0.39, 0.29) is 5.70 Å². The number of nitrogens with zero attached hydrogens (tertiary/aromatic N) is 4. The lowest BCUT2D eigenvalue weighted by Gasteiger charge is -2.02. The van der Waals surface area contributed by atoms with Crippen LogP contribution in [-0.4, -0.2) is 26.6 Å². The zero-order valence-corrected chi connectivity index (χ0v) is 15.1.